The van der Waals surface area contributed by atoms with Gasteiger partial charge in [0.05, 0.1) is 45.2 Å². The number of carbonyl (C=O) groups is 6. The van der Waals surface area contributed by atoms with E-state index in [-0.39, 0.29) is 106 Å². The Kier molecular flexibility index (Phi) is 29.3. The first-order valence-corrected chi connectivity index (χ1v) is 39.2. The van der Waals surface area contributed by atoms with Crippen LogP contribution in [-0.2, 0) is 40.8 Å². The summed E-state index contributed by atoms with van der Waals surface area (Å²) in [5, 5.41) is 48.8. The fraction of sp³-hybridized carbons (Fsp3) is 0.341. The van der Waals surface area contributed by atoms with Gasteiger partial charge in [0.15, 0.2) is 24.9 Å². The normalized spacial score (nSPS) is 14.5. The van der Waals surface area contributed by atoms with Gasteiger partial charge in [0.1, 0.15) is 28.6 Å². The highest BCUT2D eigenvalue weighted by molar-refractivity contribution is 6.44. The maximum Gasteiger partial charge on any atom is 0.282 e. The lowest BCUT2D eigenvalue weighted by Crippen LogP contribution is -2.39. The second kappa shape index (κ2) is 38.0. The van der Waals surface area contributed by atoms with Gasteiger partial charge in [-0.1, -0.05) is 189 Å². The number of amidine groups is 2. The largest absolute Gasteiger partial charge is 0.497 e. The highest BCUT2D eigenvalue weighted by atomic mass is 35.5. The monoisotopic (exact) mass is 1670 g/mol. The van der Waals surface area contributed by atoms with E-state index in [1.165, 1.54) is 54.6 Å². The zero-order chi connectivity index (χ0) is 83.3. The number of aliphatic hydroxyl groups is 1. The number of hydrazone groups is 2. The van der Waals surface area contributed by atoms with E-state index in [0.717, 1.165) is 58.1 Å². The Bertz CT molecular complexity index is 5020. The molecular weight excluding hydrogens is 1580 g/mol. The molecule has 10 rings (SSSR count). The van der Waals surface area contributed by atoms with Crippen molar-refractivity contribution < 1.29 is 48.1 Å². The van der Waals surface area contributed by atoms with Crippen LogP contribution in [0.2, 0.25) is 30.1 Å². The number of aliphatic hydroxyl groups excluding tert-OH is 1. The number of nitrogens with zero attached hydrogens (tertiary/aromatic N) is 9. The number of aryl methyl sites for hydroxylation is 1. The molecule has 0 aromatic heterocycles. The molecule has 0 aliphatic carbocycles. The third-order valence-corrected chi connectivity index (χ3v) is 22.0. The van der Waals surface area contributed by atoms with E-state index in [4.69, 9.17) is 83.8 Å². The van der Waals surface area contributed by atoms with Gasteiger partial charge in [-0.3, -0.25) is 28.8 Å². The Morgan fingerprint density at radius 3 is 1.32 bits per heavy atom. The number of amides is 6. The average molecular weight is 1670 g/mol. The molecule has 8 aromatic carbocycles. The van der Waals surface area contributed by atoms with Crippen LogP contribution >= 0.6 is 69.6 Å². The van der Waals surface area contributed by atoms with Crippen molar-refractivity contribution in [1.29, 1.82) is 0 Å². The van der Waals surface area contributed by atoms with Crippen molar-refractivity contribution in [2.45, 2.75) is 149 Å². The van der Waals surface area contributed by atoms with Crippen molar-refractivity contribution in [2.24, 2.45) is 30.7 Å². The molecule has 8 aromatic rings. The molecule has 114 heavy (non-hydrogen) atoms. The molecule has 0 bridgehead atoms. The Hall–Kier alpha value is -9.98. The van der Waals surface area contributed by atoms with E-state index in [0.29, 0.717) is 46.5 Å². The highest BCUT2D eigenvalue weighted by Gasteiger charge is 2.42. The molecule has 600 valence electrons. The predicted octanol–water partition coefficient (Wildman–Crippen LogP) is 20.3. The molecule has 23 nitrogen and oxygen atoms in total. The number of azo groups is 2. The standard InChI is InChI=1S/C44H50Cl3N7O5.C41H43Cl3N6O5/c1-9-43(4,5)28-14-17-36(32(22-28)44(6,7)10-2)59-25-37(56)48-30-13-11-12-27(21-30)41(57)49-40-38(42(58)54(52-40)39-33(46)23-29(45)24-34(39)47)51-50-35-16-15-31(20-26(35)3)53(8)18-19-55;1-8-40(3,4)25-13-18-33(30(20-25)41(5,6)9-2)55-23-34(51)45-28-12-10-11-24(19-28)38(52)46-37-35(48-47-27-14-16-29(54-7)17-15-27)39(53)50(49-37)36-31(43)21-26(42)22-32(36)44/h11-17,20-24,38,55H,9-10,18-19,25H2,1-8H3,(H,48,56)(H,49,52,57);10-22,35H,8-9,23H2,1-7H3,(H,45,51)(H,46,49,52). The number of benzene rings is 8. The molecule has 0 fully saturated rings. The van der Waals surface area contributed by atoms with Gasteiger partial charge < -0.3 is 45.5 Å². The number of likely N-dealkylation sites (N-methyl/N-ethyl adjacent to an activating group) is 1. The van der Waals surface area contributed by atoms with E-state index < -0.39 is 47.5 Å². The summed E-state index contributed by atoms with van der Waals surface area (Å²) in [5.41, 5.74) is 7.77. The molecule has 2 heterocycles. The zero-order valence-corrected chi connectivity index (χ0v) is 70.7. The van der Waals surface area contributed by atoms with Gasteiger partial charge in [-0.2, -0.15) is 30.5 Å². The number of carbonyl (C=O) groups excluding carboxylic acids is 6. The maximum absolute atomic E-state index is 13.9. The van der Waals surface area contributed by atoms with Crippen LogP contribution in [0.3, 0.4) is 0 Å². The summed E-state index contributed by atoms with van der Waals surface area (Å²) in [7, 11) is 3.39. The van der Waals surface area contributed by atoms with E-state index in [1.54, 1.807) is 66.7 Å². The van der Waals surface area contributed by atoms with Gasteiger partial charge in [-0.25, -0.2) is 0 Å². The van der Waals surface area contributed by atoms with Gasteiger partial charge in [-0.15, -0.1) is 10.2 Å². The molecule has 29 heteroatoms. The van der Waals surface area contributed by atoms with Crippen LogP contribution in [-0.4, -0.2) is 105 Å². The lowest BCUT2D eigenvalue weighted by atomic mass is 9.76. The Morgan fingerprint density at radius 2 is 0.930 bits per heavy atom. The van der Waals surface area contributed by atoms with E-state index in [1.807, 2.05) is 43.1 Å². The summed E-state index contributed by atoms with van der Waals surface area (Å²) in [6.07, 6.45) is 3.72. The molecular formula is C85H93Cl6N13O10. The number of anilines is 5. The number of halogens is 6. The third kappa shape index (κ3) is 21.5. The van der Waals surface area contributed by atoms with Crippen molar-refractivity contribution in [3.63, 3.8) is 0 Å². The minimum Gasteiger partial charge on any atom is -0.497 e. The summed E-state index contributed by atoms with van der Waals surface area (Å²) in [4.78, 5) is 83.3. The maximum atomic E-state index is 13.9. The lowest BCUT2D eigenvalue weighted by Gasteiger charge is -2.30. The third-order valence-electron chi connectivity index (χ3n) is 20.4. The number of hydrogen-bond acceptors (Lipinski definition) is 17. The van der Waals surface area contributed by atoms with Crippen LogP contribution in [0.15, 0.2) is 182 Å². The van der Waals surface area contributed by atoms with Gasteiger partial charge in [-0.05, 0) is 186 Å². The van der Waals surface area contributed by atoms with Crippen molar-refractivity contribution in [3.8, 4) is 17.2 Å². The SMILES string of the molecule is CCC(C)(C)c1ccc(OCC(=O)Nc2cccc(C(=O)NC3=NN(c4c(Cl)cc(Cl)cc4Cl)C(=O)C3N=Nc3ccc(N(C)CCO)cc3C)c2)c(C(C)(C)CC)c1.CCC(C)(C)c1ccc(OCC(=O)Nc2cccc(C(=O)NC3=NN(c4c(Cl)cc(Cl)cc4Cl)C(=O)C3N=Nc3ccc(OC)cc3)c2)c(C(C)(C)CC)c1. The topological polar surface area (TPSA) is 282 Å². The first kappa shape index (κ1) is 88.0. The summed E-state index contributed by atoms with van der Waals surface area (Å²) in [6, 6.07) is 40.0. The molecule has 2 aliphatic heterocycles. The molecule has 2 unspecified atom stereocenters. The first-order chi connectivity index (χ1) is 53.9. The Morgan fingerprint density at radius 1 is 0.518 bits per heavy atom. The smallest absolute Gasteiger partial charge is 0.282 e. The number of ether oxygens (including phenoxy) is 3. The van der Waals surface area contributed by atoms with Crippen LogP contribution in [0.4, 0.5) is 39.8 Å². The van der Waals surface area contributed by atoms with E-state index in [2.05, 4.69) is 159 Å². The lowest BCUT2D eigenvalue weighted by molar-refractivity contribution is -0.118. The average Bonchev–Trinajstić information content (AvgIpc) is 1.70. The second-order valence-corrected chi connectivity index (χ2v) is 32.4. The summed E-state index contributed by atoms with van der Waals surface area (Å²) in [6.45, 7) is 27.8. The summed E-state index contributed by atoms with van der Waals surface area (Å²) >= 11 is 38.0. The van der Waals surface area contributed by atoms with Crippen molar-refractivity contribution in [2.75, 3.05) is 66.1 Å². The van der Waals surface area contributed by atoms with Gasteiger partial charge in [0.25, 0.3) is 35.4 Å². The minimum atomic E-state index is -1.39. The van der Waals surface area contributed by atoms with Crippen molar-refractivity contribution in [1.82, 2.24) is 10.6 Å². The second-order valence-electron chi connectivity index (χ2n) is 29.9. The van der Waals surface area contributed by atoms with Crippen LogP contribution in [0, 0.1) is 6.92 Å². The fourth-order valence-electron chi connectivity index (χ4n) is 11.8. The molecule has 0 radical (unpaired) electrons. The number of rotatable bonds is 28. The van der Waals surface area contributed by atoms with Crippen LogP contribution < -0.4 is 50.4 Å². The summed E-state index contributed by atoms with van der Waals surface area (Å²) in [5.74, 6) is -1.79. The van der Waals surface area contributed by atoms with Gasteiger partial charge in [0, 0.05) is 63.0 Å². The molecule has 0 spiro atoms. The van der Waals surface area contributed by atoms with Gasteiger partial charge in [0.2, 0.25) is 12.1 Å². The Labute approximate surface area is 694 Å². The predicted molar refractivity (Wildman–Crippen MR) is 456 cm³/mol. The zero-order valence-electron chi connectivity index (χ0n) is 66.2. The number of methoxy groups -OCH3 is 1. The van der Waals surface area contributed by atoms with E-state index >= 15 is 0 Å². The van der Waals surface area contributed by atoms with Crippen molar-refractivity contribution in [3.05, 3.63) is 221 Å². The molecule has 2 aliphatic rings. The van der Waals surface area contributed by atoms with Crippen LogP contribution in [0.1, 0.15) is 157 Å². The fourth-order valence-corrected chi connectivity index (χ4v) is 13.7. The number of hydrogen-bond donors (Lipinski definition) is 5. The highest BCUT2D eigenvalue weighted by Crippen LogP contribution is 2.44. The first-order valence-electron chi connectivity index (χ1n) is 37.0. The van der Waals surface area contributed by atoms with Crippen molar-refractivity contribution >= 4 is 157 Å². The molecule has 2 atom stereocenters. The molecule has 6 amide bonds. The molecule has 0 saturated carbocycles. The molecule has 5 N–H and O–H groups in total. The van der Waals surface area contributed by atoms with Gasteiger partial charge >= 0.3 is 0 Å². The number of nitrogens with one attached hydrogen (secondary N) is 4. The quantitative estimate of drug-likeness (QED) is 0.0287. The Balaban J connectivity index is 0.000000262. The van der Waals surface area contributed by atoms with Crippen LogP contribution in [0.5, 0.6) is 17.2 Å². The molecule has 0 saturated heterocycles. The minimum absolute atomic E-state index is 0.00710. The van der Waals surface area contributed by atoms with Crippen LogP contribution in [0.25, 0.3) is 0 Å². The van der Waals surface area contributed by atoms with E-state index in [9.17, 15) is 33.9 Å². The summed E-state index contributed by atoms with van der Waals surface area (Å²) < 4.78 is 17.4.